The van der Waals surface area contributed by atoms with E-state index in [9.17, 15) is 27.0 Å². The van der Waals surface area contributed by atoms with Gasteiger partial charge < -0.3 is 9.87 Å². The van der Waals surface area contributed by atoms with E-state index in [1.165, 1.54) is 0 Å². The highest BCUT2D eigenvalue weighted by Gasteiger charge is 2.36. The Kier molecular flexibility index (Phi) is 4.01. The number of nitrogens with one attached hydrogen (secondary N) is 1. The van der Waals surface area contributed by atoms with Crippen molar-refractivity contribution < 1.29 is 31.5 Å². The van der Waals surface area contributed by atoms with E-state index in [0.29, 0.717) is 11.0 Å². The number of rotatable bonds is 3. The Morgan fingerprint density at radius 2 is 2.00 bits per heavy atom. The van der Waals surface area contributed by atoms with Crippen molar-refractivity contribution in [3.05, 3.63) is 29.3 Å². The predicted molar refractivity (Wildman–Crippen MR) is 66.8 cm³/mol. The highest BCUT2D eigenvalue weighted by molar-refractivity contribution is 7.78. The minimum atomic E-state index is -4.77. The molecular weight excluding hydrogens is 313 g/mol. The molecule has 1 atom stereocenters. The number of amides is 3. The molecule has 10 heteroatoms. The fourth-order valence-corrected chi connectivity index (χ4v) is 2.43. The molecule has 1 heterocycles. The van der Waals surface area contributed by atoms with Crippen LogP contribution in [-0.4, -0.2) is 27.2 Å². The van der Waals surface area contributed by atoms with Crippen molar-refractivity contribution >= 4 is 28.7 Å². The third-order valence-electron chi connectivity index (χ3n) is 2.78. The Balaban J connectivity index is 2.49. The number of hydrogen-bond acceptors (Lipinski definition) is 3. The van der Waals surface area contributed by atoms with Gasteiger partial charge in [-0.05, 0) is 17.7 Å². The second-order valence-electron chi connectivity index (χ2n) is 4.19. The van der Waals surface area contributed by atoms with Crippen LogP contribution in [0.4, 0.5) is 23.7 Å². The van der Waals surface area contributed by atoms with Gasteiger partial charge in [-0.15, -0.1) is 0 Å². The third-order valence-corrected chi connectivity index (χ3v) is 3.34. The fourth-order valence-electron chi connectivity index (χ4n) is 1.91. The van der Waals surface area contributed by atoms with E-state index in [2.05, 4.69) is 5.32 Å². The predicted octanol–water partition coefficient (Wildman–Crippen LogP) is 1.48. The second kappa shape index (κ2) is 5.45. The molecule has 1 aromatic carbocycles. The summed E-state index contributed by atoms with van der Waals surface area (Å²) in [5.41, 5.74) is -1.79. The van der Waals surface area contributed by atoms with E-state index in [-0.39, 0.29) is 17.8 Å². The van der Waals surface area contributed by atoms with Gasteiger partial charge in [-0.25, -0.2) is 13.9 Å². The molecule has 1 saturated heterocycles. The van der Waals surface area contributed by atoms with Crippen LogP contribution in [0.25, 0.3) is 0 Å². The Hall–Kier alpha value is -1.94. The number of anilines is 1. The smallest absolute Gasteiger partial charge is 0.328 e. The number of urea groups is 1. The summed E-state index contributed by atoms with van der Waals surface area (Å²) in [6.07, 6.45) is -4.77. The van der Waals surface area contributed by atoms with Crippen molar-refractivity contribution in [3.8, 4) is 0 Å². The Morgan fingerprint density at radius 1 is 1.33 bits per heavy atom. The molecule has 3 amide bonds. The van der Waals surface area contributed by atoms with E-state index < -0.39 is 40.5 Å². The molecule has 1 aromatic rings. The monoisotopic (exact) mass is 322 g/mol. The molecule has 0 spiro atoms. The van der Waals surface area contributed by atoms with Crippen molar-refractivity contribution in [1.29, 1.82) is 0 Å². The third kappa shape index (κ3) is 3.22. The van der Waals surface area contributed by atoms with Crippen molar-refractivity contribution in [2.45, 2.75) is 11.9 Å². The molecule has 114 valence electrons. The number of alkyl halides is 3. The minimum Gasteiger partial charge on any atom is -0.328 e. The summed E-state index contributed by atoms with van der Waals surface area (Å²) in [5, 5.41) is 2.19. The van der Waals surface area contributed by atoms with Gasteiger partial charge in [0.25, 0.3) is 5.91 Å². The van der Waals surface area contributed by atoms with Crippen LogP contribution in [0.1, 0.15) is 11.1 Å². The average Bonchev–Trinajstić information content (AvgIpc) is 2.68. The van der Waals surface area contributed by atoms with Gasteiger partial charge in [-0.1, -0.05) is 6.07 Å². The van der Waals surface area contributed by atoms with Crippen LogP contribution >= 0.6 is 0 Å². The van der Waals surface area contributed by atoms with Crippen LogP contribution in [0.3, 0.4) is 0 Å². The SMILES string of the molecule is O=C1CNC(=O)N1c1ccc(CS(=O)O)c(C(F)(F)F)c1. The van der Waals surface area contributed by atoms with Crippen LogP contribution in [0.2, 0.25) is 0 Å². The minimum absolute atomic E-state index is 0.241. The maximum Gasteiger partial charge on any atom is 0.416 e. The number of carbonyl (C=O) groups is 2. The first-order valence-corrected chi connectivity index (χ1v) is 6.86. The van der Waals surface area contributed by atoms with E-state index >= 15 is 0 Å². The summed E-state index contributed by atoms with van der Waals surface area (Å²) in [6, 6.07) is 1.91. The summed E-state index contributed by atoms with van der Waals surface area (Å²) < 4.78 is 58.4. The van der Waals surface area contributed by atoms with Crippen LogP contribution in [0.15, 0.2) is 18.2 Å². The Morgan fingerprint density at radius 3 is 2.48 bits per heavy atom. The molecule has 0 aromatic heterocycles. The molecule has 21 heavy (non-hydrogen) atoms. The van der Waals surface area contributed by atoms with Gasteiger partial charge >= 0.3 is 12.2 Å². The van der Waals surface area contributed by atoms with Gasteiger partial charge in [0.2, 0.25) is 0 Å². The first kappa shape index (κ1) is 15.4. The zero-order chi connectivity index (χ0) is 15.8. The lowest BCUT2D eigenvalue weighted by Crippen LogP contribution is -2.31. The topological polar surface area (TPSA) is 86.7 Å². The van der Waals surface area contributed by atoms with Gasteiger partial charge in [0.15, 0.2) is 11.1 Å². The summed E-state index contributed by atoms with van der Waals surface area (Å²) in [7, 11) is 0. The largest absolute Gasteiger partial charge is 0.416 e. The van der Waals surface area contributed by atoms with Crippen molar-refractivity contribution in [3.63, 3.8) is 0 Å². The maximum absolute atomic E-state index is 13.0. The normalized spacial score (nSPS) is 17.0. The maximum atomic E-state index is 13.0. The van der Waals surface area contributed by atoms with Gasteiger partial charge in [0, 0.05) is 0 Å². The van der Waals surface area contributed by atoms with Gasteiger partial charge in [-0.2, -0.15) is 13.2 Å². The number of nitrogens with zero attached hydrogens (tertiary/aromatic N) is 1. The van der Waals surface area contributed by atoms with Crippen LogP contribution in [0.5, 0.6) is 0 Å². The zero-order valence-electron chi connectivity index (χ0n) is 10.3. The Labute approximate surface area is 119 Å². The standard InChI is InChI=1S/C11H9F3N2O4S/c12-11(13,14)8-3-7(2-1-6(8)5-21(19)20)16-9(17)4-15-10(16)18/h1-3H,4-5H2,(H,15,18)(H,19,20). The van der Waals surface area contributed by atoms with Crippen molar-refractivity contribution in [2.24, 2.45) is 0 Å². The molecule has 2 N–H and O–H groups in total. The summed E-state index contributed by atoms with van der Waals surface area (Å²) >= 11 is -2.44. The first-order chi connectivity index (χ1) is 9.70. The molecule has 2 rings (SSSR count). The highest BCUT2D eigenvalue weighted by atomic mass is 32.2. The quantitative estimate of drug-likeness (QED) is 0.652. The number of imide groups is 1. The van der Waals surface area contributed by atoms with Crippen molar-refractivity contribution in [1.82, 2.24) is 5.32 Å². The zero-order valence-corrected chi connectivity index (χ0v) is 11.1. The molecule has 0 saturated carbocycles. The molecule has 1 aliphatic rings. The molecule has 0 bridgehead atoms. The molecule has 1 unspecified atom stereocenters. The van der Waals surface area contributed by atoms with Crippen LogP contribution in [-0.2, 0) is 27.8 Å². The molecule has 1 fully saturated rings. The summed E-state index contributed by atoms with van der Waals surface area (Å²) in [4.78, 5) is 23.5. The lowest BCUT2D eigenvalue weighted by molar-refractivity contribution is -0.138. The van der Waals surface area contributed by atoms with Crippen molar-refractivity contribution in [2.75, 3.05) is 11.4 Å². The lowest BCUT2D eigenvalue weighted by atomic mass is 10.1. The van der Waals surface area contributed by atoms with Gasteiger partial charge in [0.1, 0.15) is 0 Å². The number of hydrogen-bond donors (Lipinski definition) is 2. The molecule has 6 nitrogen and oxygen atoms in total. The summed E-state index contributed by atoms with van der Waals surface area (Å²) in [5.74, 6) is -1.37. The molecule has 1 aliphatic heterocycles. The van der Waals surface area contributed by atoms with Gasteiger partial charge in [-0.3, -0.25) is 4.79 Å². The Bertz CT molecular complexity index is 616. The van der Waals surface area contributed by atoms with Crippen LogP contribution < -0.4 is 10.2 Å². The fraction of sp³-hybridized carbons (Fsp3) is 0.273. The van der Waals surface area contributed by atoms with E-state index in [1.807, 2.05) is 0 Å². The molecular formula is C11H9F3N2O4S. The van der Waals surface area contributed by atoms with Gasteiger partial charge in [0.05, 0.1) is 23.5 Å². The van der Waals surface area contributed by atoms with E-state index in [4.69, 9.17) is 4.55 Å². The van der Waals surface area contributed by atoms with E-state index in [1.54, 1.807) is 0 Å². The molecule has 0 aliphatic carbocycles. The summed E-state index contributed by atoms with van der Waals surface area (Å²) in [6.45, 7) is -0.289. The second-order valence-corrected chi connectivity index (χ2v) is 5.12. The van der Waals surface area contributed by atoms with E-state index in [0.717, 1.165) is 12.1 Å². The number of benzene rings is 1. The number of halogens is 3. The number of carbonyl (C=O) groups excluding carboxylic acids is 2. The average molecular weight is 322 g/mol. The van der Waals surface area contributed by atoms with Crippen LogP contribution in [0, 0.1) is 0 Å². The lowest BCUT2D eigenvalue weighted by Gasteiger charge is -2.17. The first-order valence-electron chi connectivity index (χ1n) is 5.58. The molecule has 0 radical (unpaired) electrons. The highest BCUT2D eigenvalue weighted by Crippen LogP contribution is 2.35.